The maximum atomic E-state index is 8.33. The molecular formula is C12H13N. The van der Waals surface area contributed by atoms with Crippen LogP contribution in [0.5, 0.6) is 0 Å². The first-order valence-corrected chi connectivity index (χ1v) is 4.43. The van der Waals surface area contributed by atoms with E-state index in [1.807, 2.05) is 18.2 Å². The molecule has 0 spiro atoms. The Morgan fingerprint density at radius 3 is 2.85 bits per heavy atom. The van der Waals surface area contributed by atoms with Gasteiger partial charge in [0.05, 0.1) is 6.07 Å². The van der Waals surface area contributed by atoms with Crippen LogP contribution >= 0.6 is 0 Å². The van der Waals surface area contributed by atoms with E-state index in [9.17, 15) is 0 Å². The van der Waals surface area contributed by atoms with Crippen molar-refractivity contribution in [3.8, 4) is 6.07 Å². The quantitative estimate of drug-likeness (QED) is 0.640. The van der Waals surface area contributed by atoms with Gasteiger partial charge in [-0.2, -0.15) is 5.26 Å². The minimum Gasteiger partial charge on any atom is -0.198 e. The maximum Gasteiger partial charge on any atom is 0.0625 e. The molecule has 0 aromatic heterocycles. The second kappa shape index (κ2) is 5.16. The molecule has 1 rings (SSSR count). The minimum atomic E-state index is 0.600. The van der Waals surface area contributed by atoms with Gasteiger partial charge in [-0.15, -0.1) is 0 Å². The molecular weight excluding hydrogens is 158 g/mol. The molecule has 0 fully saturated rings. The van der Waals surface area contributed by atoms with Gasteiger partial charge in [0, 0.05) is 6.42 Å². The van der Waals surface area contributed by atoms with Crippen LogP contribution in [-0.4, -0.2) is 0 Å². The highest BCUT2D eigenvalue weighted by Gasteiger charge is 1.89. The zero-order valence-electron chi connectivity index (χ0n) is 7.83. The molecule has 0 unspecified atom stereocenters. The standard InChI is InChI=1S/C12H13N/c1-11-7-4-5-9-12(11)8-3-2-6-10-13/h3-5,7-9H,2,6H2,1H3/b8-3+. The Bertz CT molecular complexity index is 331. The SMILES string of the molecule is Cc1ccccc1/C=C/CCC#N. The lowest BCUT2D eigenvalue weighted by atomic mass is 10.1. The van der Waals surface area contributed by atoms with Gasteiger partial charge >= 0.3 is 0 Å². The van der Waals surface area contributed by atoms with Gasteiger partial charge in [-0.1, -0.05) is 36.4 Å². The van der Waals surface area contributed by atoms with E-state index in [1.54, 1.807) is 0 Å². The summed E-state index contributed by atoms with van der Waals surface area (Å²) in [5.74, 6) is 0. The van der Waals surface area contributed by atoms with Crippen LogP contribution in [-0.2, 0) is 0 Å². The highest BCUT2D eigenvalue weighted by Crippen LogP contribution is 2.09. The van der Waals surface area contributed by atoms with Gasteiger partial charge in [0.25, 0.3) is 0 Å². The summed E-state index contributed by atoms with van der Waals surface area (Å²) < 4.78 is 0. The molecule has 1 nitrogen and oxygen atoms in total. The Kier molecular flexibility index (Phi) is 3.78. The average Bonchev–Trinajstić information content (AvgIpc) is 2.15. The van der Waals surface area contributed by atoms with Crippen molar-refractivity contribution in [2.75, 3.05) is 0 Å². The first kappa shape index (κ1) is 9.54. The lowest BCUT2D eigenvalue weighted by Gasteiger charge is -1.97. The fourth-order valence-electron chi connectivity index (χ4n) is 1.13. The lowest BCUT2D eigenvalue weighted by molar-refractivity contribution is 1.07. The van der Waals surface area contributed by atoms with Crippen molar-refractivity contribution >= 4 is 6.08 Å². The smallest absolute Gasteiger partial charge is 0.0625 e. The van der Waals surface area contributed by atoms with Gasteiger partial charge in [-0.25, -0.2) is 0 Å². The fraction of sp³-hybridized carbons (Fsp3) is 0.250. The largest absolute Gasteiger partial charge is 0.198 e. The normalized spacial score (nSPS) is 10.2. The zero-order chi connectivity index (χ0) is 9.52. The first-order chi connectivity index (χ1) is 6.34. The van der Waals surface area contributed by atoms with Gasteiger partial charge in [0.2, 0.25) is 0 Å². The summed E-state index contributed by atoms with van der Waals surface area (Å²) in [7, 11) is 0. The number of hydrogen-bond acceptors (Lipinski definition) is 1. The zero-order valence-corrected chi connectivity index (χ0v) is 7.83. The predicted molar refractivity (Wildman–Crippen MR) is 55.1 cm³/mol. The Labute approximate surface area is 79.3 Å². The van der Waals surface area contributed by atoms with E-state index in [-0.39, 0.29) is 0 Å². The summed E-state index contributed by atoms with van der Waals surface area (Å²) in [5.41, 5.74) is 2.51. The van der Waals surface area contributed by atoms with Gasteiger partial charge in [-0.3, -0.25) is 0 Å². The van der Waals surface area contributed by atoms with Crippen molar-refractivity contribution < 1.29 is 0 Å². The highest BCUT2D eigenvalue weighted by atomic mass is 14.2. The molecule has 0 aliphatic carbocycles. The molecule has 0 aliphatic heterocycles. The molecule has 0 radical (unpaired) electrons. The van der Waals surface area contributed by atoms with Crippen molar-refractivity contribution in [3.63, 3.8) is 0 Å². The maximum absolute atomic E-state index is 8.33. The molecule has 1 aromatic carbocycles. The second-order valence-corrected chi connectivity index (χ2v) is 2.96. The van der Waals surface area contributed by atoms with Crippen LogP contribution in [0, 0.1) is 18.3 Å². The molecule has 1 aromatic rings. The van der Waals surface area contributed by atoms with E-state index < -0.39 is 0 Å². The molecule has 13 heavy (non-hydrogen) atoms. The third-order valence-electron chi connectivity index (χ3n) is 1.91. The lowest BCUT2D eigenvalue weighted by Crippen LogP contribution is -1.77. The fourth-order valence-corrected chi connectivity index (χ4v) is 1.13. The Morgan fingerprint density at radius 1 is 1.38 bits per heavy atom. The minimum absolute atomic E-state index is 0.600. The summed E-state index contributed by atoms with van der Waals surface area (Å²) in [6.45, 7) is 2.09. The number of aryl methyl sites for hydroxylation is 1. The number of unbranched alkanes of at least 4 members (excludes halogenated alkanes) is 1. The van der Waals surface area contributed by atoms with Crippen LogP contribution in [0.15, 0.2) is 30.3 Å². The summed E-state index contributed by atoms with van der Waals surface area (Å²) in [4.78, 5) is 0. The molecule has 1 heteroatoms. The van der Waals surface area contributed by atoms with Gasteiger partial charge < -0.3 is 0 Å². The molecule has 0 heterocycles. The number of allylic oxidation sites excluding steroid dienone is 1. The van der Waals surface area contributed by atoms with Crippen LogP contribution in [0.1, 0.15) is 24.0 Å². The van der Waals surface area contributed by atoms with E-state index in [2.05, 4.69) is 31.2 Å². The van der Waals surface area contributed by atoms with Crippen molar-refractivity contribution in [3.05, 3.63) is 41.5 Å². The molecule has 0 bridgehead atoms. The highest BCUT2D eigenvalue weighted by molar-refractivity contribution is 5.53. The third kappa shape index (κ3) is 3.13. The van der Waals surface area contributed by atoms with E-state index in [4.69, 9.17) is 5.26 Å². The summed E-state index contributed by atoms with van der Waals surface area (Å²) in [6.07, 6.45) is 5.56. The Morgan fingerprint density at radius 2 is 2.15 bits per heavy atom. The molecule has 0 atom stereocenters. The van der Waals surface area contributed by atoms with Crippen molar-refractivity contribution in [2.45, 2.75) is 19.8 Å². The van der Waals surface area contributed by atoms with Crippen molar-refractivity contribution in [1.82, 2.24) is 0 Å². The Hall–Kier alpha value is -1.55. The number of hydrogen-bond donors (Lipinski definition) is 0. The number of nitrogens with zero attached hydrogens (tertiary/aromatic N) is 1. The average molecular weight is 171 g/mol. The van der Waals surface area contributed by atoms with Crippen LogP contribution in [0.25, 0.3) is 6.08 Å². The van der Waals surface area contributed by atoms with Gasteiger partial charge in [0.1, 0.15) is 0 Å². The molecule has 66 valence electrons. The molecule has 0 aliphatic rings. The molecule has 0 saturated carbocycles. The molecule has 0 saturated heterocycles. The third-order valence-corrected chi connectivity index (χ3v) is 1.91. The van der Waals surface area contributed by atoms with E-state index >= 15 is 0 Å². The molecule has 0 N–H and O–H groups in total. The topological polar surface area (TPSA) is 23.8 Å². The monoisotopic (exact) mass is 171 g/mol. The van der Waals surface area contributed by atoms with E-state index in [0.717, 1.165) is 6.42 Å². The number of rotatable bonds is 3. The first-order valence-electron chi connectivity index (χ1n) is 4.43. The predicted octanol–water partition coefficient (Wildman–Crippen LogP) is 3.31. The number of nitriles is 1. The summed E-state index contributed by atoms with van der Waals surface area (Å²) in [5, 5.41) is 8.33. The second-order valence-electron chi connectivity index (χ2n) is 2.96. The van der Waals surface area contributed by atoms with Crippen LogP contribution in [0.2, 0.25) is 0 Å². The Balaban J connectivity index is 2.59. The van der Waals surface area contributed by atoms with Crippen molar-refractivity contribution in [2.24, 2.45) is 0 Å². The number of benzene rings is 1. The summed E-state index contributed by atoms with van der Waals surface area (Å²) in [6, 6.07) is 10.3. The van der Waals surface area contributed by atoms with Gasteiger partial charge in [0.15, 0.2) is 0 Å². The molecule has 0 amide bonds. The van der Waals surface area contributed by atoms with E-state index in [0.29, 0.717) is 6.42 Å². The van der Waals surface area contributed by atoms with Crippen LogP contribution < -0.4 is 0 Å². The summed E-state index contributed by atoms with van der Waals surface area (Å²) >= 11 is 0. The van der Waals surface area contributed by atoms with E-state index in [1.165, 1.54) is 11.1 Å². The van der Waals surface area contributed by atoms with Gasteiger partial charge in [-0.05, 0) is 24.5 Å². The van der Waals surface area contributed by atoms with Crippen molar-refractivity contribution in [1.29, 1.82) is 5.26 Å². The van der Waals surface area contributed by atoms with Crippen LogP contribution in [0.4, 0.5) is 0 Å². The van der Waals surface area contributed by atoms with Crippen LogP contribution in [0.3, 0.4) is 0 Å².